The summed E-state index contributed by atoms with van der Waals surface area (Å²) in [5.41, 5.74) is 2.20. The molecule has 1 saturated heterocycles. The quantitative estimate of drug-likeness (QED) is 0.561. The average molecular weight is 461 g/mol. The lowest BCUT2D eigenvalue weighted by molar-refractivity contribution is -0.121. The van der Waals surface area contributed by atoms with Gasteiger partial charge in [0.15, 0.2) is 0 Å². The molecule has 7 nitrogen and oxygen atoms in total. The molecule has 178 valence electrons. The van der Waals surface area contributed by atoms with Gasteiger partial charge in [0.1, 0.15) is 6.54 Å². The van der Waals surface area contributed by atoms with Crippen LogP contribution < -0.4 is 16.6 Å². The standard InChI is InChI=1S/C27H32N4O3/c1-21-6-5-14-29(17-21)18-24-11-9-22(10-12-24)16-28-25(32)20-31-26(33)13-15-30(27(31)34)19-23-7-3-2-4-8-23/h2-4,7-13,15,21H,5-6,14,16-20H2,1H3,(H,28,32). The zero-order valence-electron chi connectivity index (χ0n) is 19.7. The van der Waals surface area contributed by atoms with Gasteiger partial charge in [0.05, 0.1) is 6.54 Å². The highest BCUT2D eigenvalue weighted by Crippen LogP contribution is 2.18. The molecular formula is C27H32N4O3. The zero-order valence-corrected chi connectivity index (χ0v) is 19.7. The van der Waals surface area contributed by atoms with Crippen LogP contribution in [0.1, 0.15) is 36.5 Å². The smallest absolute Gasteiger partial charge is 0.331 e. The van der Waals surface area contributed by atoms with Crippen LogP contribution in [0.2, 0.25) is 0 Å². The van der Waals surface area contributed by atoms with Crippen molar-refractivity contribution in [1.82, 2.24) is 19.4 Å². The number of likely N-dealkylation sites (tertiary alicyclic amines) is 1. The molecule has 1 aromatic heterocycles. The molecule has 1 aliphatic heterocycles. The van der Waals surface area contributed by atoms with E-state index in [1.54, 1.807) is 0 Å². The van der Waals surface area contributed by atoms with Crippen molar-refractivity contribution in [1.29, 1.82) is 0 Å². The van der Waals surface area contributed by atoms with Crippen LogP contribution in [0.5, 0.6) is 0 Å². The van der Waals surface area contributed by atoms with E-state index in [9.17, 15) is 14.4 Å². The van der Waals surface area contributed by atoms with Crippen molar-refractivity contribution < 1.29 is 4.79 Å². The van der Waals surface area contributed by atoms with Crippen molar-refractivity contribution in [2.45, 2.75) is 45.9 Å². The lowest BCUT2D eigenvalue weighted by atomic mass is 9.99. The summed E-state index contributed by atoms with van der Waals surface area (Å²) >= 11 is 0. The fraction of sp³-hybridized carbons (Fsp3) is 0.370. The minimum Gasteiger partial charge on any atom is -0.350 e. The number of carbonyl (C=O) groups excluding carboxylic acids is 1. The summed E-state index contributed by atoms with van der Waals surface area (Å²) in [6, 6.07) is 19.1. The summed E-state index contributed by atoms with van der Waals surface area (Å²) in [7, 11) is 0. The fourth-order valence-corrected chi connectivity index (χ4v) is 4.45. The van der Waals surface area contributed by atoms with E-state index in [4.69, 9.17) is 0 Å². The molecular weight excluding hydrogens is 428 g/mol. The Morgan fingerprint density at radius 3 is 2.38 bits per heavy atom. The van der Waals surface area contributed by atoms with Crippen molar-refractivity contribution in [2.24, 2.45) is 5.92 Å². The summed E-state index contributed by atoms with van der Waals surface area (Å²) in [6.45, 7) is 5.92. The van der Waals surface area contributed by atoms with Crippen LogP contribution in [0.15, 0.2) is 76.4 Å². The fourth-order valence-electron chi connectivity index (χ4n) is 4.45. The predicted molar refractivity (Wildman–Crippen MR) is 132 cm³/mol. The number of amides is 1. The summed E-state index contributed by atoms with van der Waals surface area (Å²) in [4.78, 5) is 40.0. The molecule has 34 heavy (non-hydrogen) atoms. The van der Waals surface area contributed by atoms with Gasteiger partial charge in [0.25, 0.3) is 5.56 Å². The molecule has 0 spiro atoms. The molecule has 4 rings (SSSR count). The molecule has 7 heteroatoms. The summed E-state index contributed by atoms with van der Waals surface area (Å²) in [5.74, 6) is 0.380. The zero-order chi connectivity index (χ0) is 23.9. The summed E-state index contributed by atoms with van der Waals surface area (Å²) < 4.78 is 2.41. The normalized spacial score (nSPS) is 16.3. The molecule has 1 amide bonds. The molecule has 1 fully saturated rings. The topological polar surface area (TPSA) is 76.3 Å². The van der Waals surface area contributed by atoms with Crippen molar-refractivity contribution in [3.8, 4) is 0 Å². The second-order valence-electron chi connectivity index (χ2n) is 9.21. The summed E-state index contributed by atoms with van der Waals surface area (Å²) in [6.07, 6.45) is 4.04. The van der Waals surface area contributed by atoms with E-state index in [0.717, 1.165) is 41.2 Å². The molecule has 2 aromatic carbocycles. The Hall–Kier alpha value is -3.45. The minimum atomic E-state index is -0.497. The van der Waals surface area contributed by atoms with Gasteiger partial charge in [-0.15, -0.1) is 0 Å². The molecule has 0 saturated carbocycles. The Kier molecular flexibility index (Phi) is 7.75. The largest absolute Gasteiger partial charge is 0.350 e. The van der Waals surface area contributed by atoms with Crippen LogP contribution in [-0.2, 0) is 31.0 Å². The van der Waals surface area contributed by atoms with E-state index in [1.807, 2.05) is 42.5 Å². The number of carbonyl (C=O) groups is 1. The lowest BCUT2D eigenvalue weighted by Gasteiger charge is -2.30. The maximum atomic E-state index is 12.8. The highest BCUT2D eigenvalue weighted by atomic mass is 16.2. The number of hydrogen-bond donors (Lipinski definition) is 1. The number of rotatable bonds is 8. The van der Waals surface area contributed by atoms with Crippen molar-refractivity contribution >= 4 is 5.91 Å². The van der Waals surface area contributed by atoms with Gasteiger partial charge in [-0.25, -0.2) is 4.79 Å². The van der Waals surface area contributed by atoms with E-state index in [-0.39, 0.29) is 12.5 Å². The number of nitrogens with zero attached hydrogens (tertiary/aromatic N) is 3. The number of hydrogen-bond acceptors (Lipinski definition) is 4. The third-order valence-electron chi connectivity index (χ3n) is 6.30. The SMILES string of the molecule is CC1CCCN(Cc2ccc(CNC(=O)Cn3c(=O)ccn(Cc4ccccc4)c3=O)cc2)C1. The van der Waals surface area contributed by atoms with Crippen molar-refractivity contribution in [2.75, 3.05) is 13.1 Å². The maximum absolute atomic E-state index is 12.8. The molecule has 0 radical (unpaired) electrons. The van der Waals surface area contributed by atoms with Gasteiger partial charge in [0, 0.05) is 31.9 Å². The van der Waals surface area contributed by atoms with Crippen LogP contribution in [0.3, 0.4) is 0 Å². The van der Waals surface area contributed by atoms with Crippen molar-refractivity contribution in [3.05, 3.63) is 104 Å². The van der Waals surface area contributed by atoms with Gasteiger partial charge in [-0.1, -0.05) is 61.5 Å². The molecule has 3 aromatic rings. The number of aromatic nitrogens is 2. The third-order valence-corrected chi connectivity index (χ3v) is 6.30. The van der Waals surface area contributed by atoms with Gasteiger partial charge < -0.3 is 5.32 Å². The Bertz CT molecular complexity index is 1220. The maximum Gasteiger partial charge on any atom is 0.331 e. The first-order valence-corrected chi connectivity index (χ1v) is 11.9. The number of piperidine rings is 1. The van der Waals surface area contributed by atoms with Crippen LogP contribution >= 0.6 is 0 Å². The molecule has 1 aliphatic rings. The predicted octanol–water partition coefficient (Wildman–Crippen LogP) is 2.61. The van der Waals surface area contributed by atoms with Gasteiger partial charge in [0.2, 0.25) is 5.91 Å². The average Bonchev–Trinajstić information content (AvgIpc) is 2.84. The van der Waals surface area contributed by atoms with Gasteiger partial charge >= 0.3 is 5.69 Å². The molecule has 0 aliphatic carbocycles. The monoisotopic (exact) mass is 460 g/mol. The van der Waals surface area contributed by atoms with E-state index in [2.05, 4.69) is 29.3 Å². The highest BCUT2D eigenvalue weighted by Gasteiger charge is 2.16. The lowest BCUT2D eigenvalue weighted by Crippen LogP contribution is -2.43. The first-order valence-electron chi connectivity index (χ1n) is 11.9. The molecule has 1 atom stereocenters. The first kappa shape index (κ1) is 23.7. The second kappa shape index (κ2) is 11.1. The molecule has 2 heterocycles. The number of benzene rings is 2. The minimum absolute atomic E-state index is 0.307. The van der Waals surface area contributed by atoms with Crippen LogP contribution in [-0.4, -0.2) is 33.0 Å². The van der Waals surface area contributed by atoms with E-state index >= 15 is 0 Å². The Morgan fingerprint density at radius 2 is 1.65 bits per heavy atom. The number of nitrogens with one attached hydrogen (secondary N) is 1. The van der Waals surface area contributed by atoms with Crippen LogP contribution in [0.4, 0.5) is 0 Å². The van der Waals surface area contributed by atoms with Crippen molar-refractivity contribution in [3.63, 3.8) is 0 Å². The van der Waals surface area contributed by atoms with Gasteiger partial charge in [-0.2, -0.15) is 0 Å². The van der Waals surface area contributed by atoms with Crippen LogP contribution in [0, 0.1) is 5.92 Å². The van der Waals surface area contributed by atoms with Gasteiger partial charge in [-0.05, 0) is 42.0 Å². The van der Waals surface area contributed by atoms with E-state index in [1.165, 1.54) is 35.2 Å². The molecule has 1 N–H and O–H groups in total. The summed E-state index contributed by atoms with van der Waals surface area (Å²) in [5, 5.41) is 2.82. The van der Waals surface area contributed by atoms with E-state index < -0.39 is 11.2 Å². The van der Waals surface area contributed by atoms with Crippen LogP contribution in [0.25, 0.3) is 0 Å². The first-order chi connectivity index (χ1) is 16.5. The molecule has 1 unspecified atom stereocenters. The Balaban J connectivity index is 1.33. The van der Waals surface area contributed by atoms with Gasteiger partial charge in [-0.3, -0.25) is 23.6 Å². The Labute approximate surface area is 199 Å². The highest BCUT2D eigenvalue weighted by molar-refractivity contribution is 5.75. The second-order valence-corrected chi connectivity index (χ2v) is 9.21. The van der Waals surface area contributed by atoms with E-state index in [0.29, 0.717) is 13.1 Å². The third kappa shape index (κ3) is 6.32. The Morgan fingerprint density at radius 1 is 0.941 bits per heavy atom. The molecule has 0 bridgehead atoms.